The number of hydrogen-bond donors (Lipinski definition) is 0. The van der Waals surface area contributed by atoms with Crippen LogP contribution in [-0.2, 0) is 11.3 Å². The summed E-state index contributed by atoms with van der Waals surface area (Å²) in [6.07, 6.45) is 2.49. The third-order valence-corrected chi connectivity index (χ3v) is 3.72. The van der Waals surface area contributed by atoms with Gasteiger partial charge in [-0.25, -0.2) is 9.97 Å². The quantitative estimate of drug-likeness (QED) is 0.810. The molecule has 0 radical (unpaired) electrons. The maximum absolute atomic E-state index is 6.25. The molecule has 0 saturated carbocycles. The lowest BCUT2D eigenvalue weighted by Crippen LogP contribution is -2.17. The summed E-state index contributed by atoms with van der Waals surface area (Å²) in [6.45, 7) is 5.59. The van der Waals surface area contributed by atoms with Gasteiger partial charge in [0.25, 0.3) is 0 Å². The first kappa shape index (κ1) is 12.9. The molecule has 2 atom stereocenters. The van der Waals surface area contributed by atoms with Gasteiger partial charge >= 0.3 is 0 Å². The van der Waals surface area contributed by atoms with E-state index < -0.39 is 0 Å². The number of aromatic nitrogens is 3. The van der Waals surface area contributed by atoms with E-state index in [1.807, 2.05) is 26.0 Å². The van der Waals surface area contributed by atoms with Gasteiger partial charge in [0.05, 0.1) is 18.0 Å². The van der Waals surface area contributed by atoms with E-state index in [4.69, 9.17) is 16.3 Å². The van der Waals surface area contributed by atoms with E-state index in [-0.39, 0.29) is 11.5 Å². The topological polar surface area (TPSA) is 39.9 Å². The first-order valence-electron chi connectivity index (χ1n) is 6.74. The van der Waals surface area contributed by atoms with Crippen molar-refractivity contribution in [1.29, 1.82) is 0 Å². The Labute approximate surface area is 117 Å². The Morgan fingerprint density at radius 2 is 2.32 bits per heavy atom. The second-order valence-electron chi connectivity index (χ2n) is 5.13. The molecule has 5 heteroatoms. The lowest BCUT2D eigenvalue weighted by molar-refractivity contribution is 0.0971. The standard InChI is InChI=1S/C14H18ClN3O/c1-9-5-6-12-14(16-9)18(13(17-12)10(2)15)8-11-4-3-7-19-11/h5-6,10-11H,3-4,7-8H2,1-2H3. The first-order chi connectivity index (χ1) is 9.15. The minimum atomic E-state index is -0.129. The number of ether oxygens (including phenoxy) is 1. The number of imidazole rings is 1. The SMILES string of the molecule is Cc1ccc2nc(C(C)Cl)n(CC3CCCO3)c2n1. The van der Waals surface area contributed by atoms with Crippen LogP contribution in [0.3, 0.4) is 0 Å². The van der Waals surface area contributed by atoms with Crippen molar-refractivity contribution in [3.63, 3.8) is 0 Å². The summed E-state index contributed by atoms with van der Waals surface area (Å²) < 4.78 is 7.84. The normalized spacial score (nSPS) is 21.1. The van der Waals surface area contributed by atoms with E-state index >= 15 is 0 Å². The molecule has 1 aliphatic heterocycles. The van der Waals surface area contributed by atoms with E-state index in [1.54, 1.807) is 0 Å². The summed E-state index contributed by atoms with van der Waals surface area (Å²) in [5.74, 6) is 0.880. The number of alkyl halides is 1. The Kier molecular flexibility index (Phi) is 3.46. The van der Waals surface area contributed by atoms with Crippen LogP contribution in [0.25, 0.3) is 11.2 Å². The highest BCUT2D eigenvalue weighted by atomic mass is 35.5. The van der Waals surface area contributed by atoms with Crippen molar-refractivity contribution in [3.8, 4) is 0 Å². The van der Waals surface area contributed by atoms with E-state index in [1.165, 1.54) is 0 Å². The third-order valence-electron chi connectivity index (χ3n) is 3.53. The van der Waals surface area contributed by atoms with Crippen molar-refractivity contribution in [1.82, 2.24) is 14.5 Å². The number of fused-ring (bicyclic) bond motifs is 1. The number of pyridine rings is 1. The van der Waals surface area contributed by atoms with Gasteiger partial charge in [0.1, 0.15) is 11.3 Å². The molecular formula is C14H18ClN3O. The highest BCUT2D eigenvalue weighted by Crippen LogP contribution is 2.26. The molecule has 1 fully saturated rings. The van der Waals surface area contributed by atoms with Crippen molar-refractivity contribution in [2.45, 2.75) is 44.7 Å². The van der Waals surface area contributed by atoms with Gasteiger partial charge in [-0.15, -0.1) is 11.6 Å². The molecule has 0 aliphatic carbocycles. The molecule has 3 rings (SSSR count). The Balaban J connectivity index is 2.06. The zero-order chi connectivity index (χ0) is 13.4. The number of nitrogens with zero attached hydrogens (tertiary/aromatic N) is 3. The van der Waals surface area contributed by atoms with Crippen molar-refractivity contribution >= 4 is 22.8 Å². The fraction of sp³-hybridized carbons (Fsp3) is 0.571. The van der Waals surface area contributed by atoms with Crippen LogP contribution >= 0.6 is 11.6 Å². The van der Waals surface area contributed by atoms with Crippen LogP contribution in [0, 0.1) is 6.92 Å². The smallest absolute Gasteiger partial charge is 0.160 e. The molecule has 19 heavy (non-hydrogen) atoms. The van der Waals surface area contributed by atoms with Gasteiger partial charge in [-0.3, -0.25) is 0 Å². The third kappa shape index (κ3) is 2.47. The Hall–Kier alpha value is -1.13. The summed E-state index contributed by atoms with van der Waals surface area (Å²) in [5, 5.41) is -0.129. The molecule has 0 spiro atoms. The minimum Gasteiger partial charge on any atom is -0.376 e. The lowest BCUT2D eigenvalue weighted by atomic mass is 10.2. The van der Waals surface area contributed by atoms with Crippen LogP contribution in [0.15, 0.2) is 12.1 Å². The van der Waals surface area contributed by atoms with Gasteiger partial charge in [-0.1, -0.05) is 0 Å². The summed E-state index contributed by atoms with van der Waals surface area (Å²) in [7, 11) is 0. The van der Waals surface area contributed by atoms with Crippen molar-refractivity contribution in [2.75, 3.05) is 6.61 Å². The highest BCUT2D eigenvalue weighted by Gasteiger charge is 2.22. The van der Waals surface area contributed by atoms with E-state index in [0.29, 0.717) is 0 Å². The average molecular weight is 280 g/mol. The molecule has 3 heterocycles. The predicted molar refractivity (Wildman–Crippen MR) is 75.5 cm³/mol. The summed E-state index contributed by atoms with van der Waals surface area (Å²) >= 11 is 6.25. The molecule has 2 aromatic heterocycles. The Morgan fingerprint density at radius 3 is 3.00 bits per heavy atom. The zero-order valence-electron chi connectivity index (χ0n) is 11.3. The van der Waals surface area contributed by atoms with Crippen LogP contribution in [0.5, 0.6) is 0 Å². The fourth-order valence-electron chi connectivity index (χ4n) is 2.59. The van der Waals surface area contributed by atoms with Crippen molar-refractivity contribution in [3.05, 3.63) is 23.7 Å². The zero-order valence-corrected chi connectivity index (χ0v) is 12.0. The molecule has 1 aliphatic rings. The maximum atomic E-state index is 6.25. The minimum absolute atomic E-state index is 0.129. The van der Waals surface area contributed by atoms with Crippen LogP contribution in [0.4, 0.5) is 0 Å². The highest BCUT2D eigenvalue weighted by molar-refractivity contribution is 6.20. The second-order valence-corrected chi connectivity index (χ2v) is 5.78. The van der Waals surface area contributed by atoms with Gasteiger partial charge in [0.2, 0.25) is 0 Å². The van der Waals surface area contributed by atoms with Crippen LogP contribution in [0.1, 0.15) is 36.7 Å². The lowest BCUT2D eigenvalue weighted by Gasteiger charge is -2.14. The maximum Gasteiger partial charge on any atom is 0.160 e. The van der Waals surface area contributed by atoms with Gasteiger partial charge in [0.15, 0.2) is 5.65 Å². The molecule has 4 nitrogen and oxygen atoms in total. The molecular weight excluding hydrogens is 262 g/mol. The van der Waals surface area contributed by atoms with Gasteiger partial charge in [-0.2, -0.15) is 0 Å². The van der Waals surface area contributed by atoms with Crippen molar-refractivity contribution < 1.29 is 4.74 Å². The first-order valence-corrected chi connectivity index (χ1v) is 7.18. The van der Waals surface area contributed by atoms with E-state index in [2.05, 4.69) is 14.5 Å². The van der Waals surface area contributed by atoms with Gasteiger partial charge in [0, 0.05) is 12.3 Å². The molecule has 102 valence electrons. The van der Waals surface area contributed by atoms with E-state index in [9.17, 15) is 0 Å². The van der Waals surface area contributed by atoms with Crippen molar-refractivity contribution in [2.24, 2.45) is 0 Å². The van der Waals surface area contributed by atoms with Crippen LogP contribution < -0.4 is 0 Å². The Morgan fingerprint density at radius 1 is 1.47 bits per heavy atom. The van der Waals surface area contributed by atoms with Crippen LogP contribution in [-0.4, -0.2) is 27.2 Å². The number of aryl methyl sites for hydroxylation is 1. The molecule has 0 bridgehead atoms. The van der Waals surface area contributed by atoms with Crippen LogP contribution in [0.2, 0.25) is 0 Å². The summed E-state index contributed by atoms with van der Waals surface area (Å²) in [6, 6.07) is 3.99. The largest absolute Gasteiger partial charge is 0.376 e. The number of halogens is 1. The molecule has 2 unspecified atom stereocenters. The number of hydrogen-bond acceptors (Lipinski definition) is 3. The molecule has 0 aromatic carbocycles. The van der Waals surface area contributed by atoms with Gasteiger partial charge in [-0.05, 0) is 38.8 Å². The average Bonchev–Trinajstić information content (AvgIpc) is 2.98. The summed E-state index contributed by atoms with van der Waals surface area (Å²) in [5.41, 5.74) is 2.82. The number of rotatable bonds is 3. The monoisotopic (exact) mass is 279 g/mol. The van der Waals surface area contributed by atoms with E-state index in [0.717, 1.165) is 48.7 Å². The summed E-state index contributed by atoms with van der Waals surface area (Å²) in [4.78, 5) is 9.22. The fourth-order valence-corrected chi connectivity index (χ4v) is 2.76. The molecule has 0 amide bonds. The molecule has 0 N–H and O–H groups in total. The molecule has 1 saturated heterocycles. The predicted octanol–water partition coefficient (Wildman–Crippen LogP) is 3.22. The molecule has 2 aromatic rings. The Bertz CT molecular complexity index is 588. The van der Waals surface area contributed by atoms with Gasteiger partial charge < -0.3 is 9.30 Å². The second kappa shape index (κ2) is 5.10.